The van der Waals surface area contributed by atoms with Gasteiger partial charge in [-0.25, -0.2) is 13.1 Å². The van der Waals surface area contributed by atoms with Crippen LogP contribution in [-0.2, 0) is 19.6 Å². The first kappa shape index (κ1) is 17.4. The van der Waals surface area contributed by atoms with E-state index in [9.17, 15) is 13.2 Å². The van der Waals surface area contributed by atoms with Crippen molar-refractivity contribution in [2.45, 2.75) is 11.3 Å². The predicted molar refractivity (Wildman–Crippen MR) is 80.7 cm³/mol. The largest absolute Gasteiger partial charge is 0.383 e. The van der Waals surface area contributed by atoms with Crippen molar-refractivity contribution in [1.29, 1.82) is 0 Å². The van der Waals surface area contributed by atoms with Crippen LogP contribution in [0.2, 0.25) is 0 Å². The highest BCUT2D eigenvalue weighted by atomic mass is 32.2. The fourth-order valence-corrected chi connectivity index (χ4v) is 2.56. The van der Waals surface area contributed by atoms with E-state index in [1.165, 1.54) is 13.1 Å². The van der Waals surface area contributed by atoms with Gasteiger partial charge in [-0.3, -0.25) is 4.79 Å². The lowest BCUT2D eigenvalue weighted by Gasteiger charge is -2.12. The number of hydrogen-bond acceptors (Lipinski definition) is 5. The summed E-state index contributed by atoms with van der Waals surface area (Å²) < 4.78 is 30.8. The van der Waals surface area contributed by atoms with Gasteiger partial charge in [-0.05, 0) is 19.2 Å². The average Bonchev–Trinajstić information content (AvgIpc) is 2.48. The number of ether oxygens (including phenoxy) is 1. The van der Waals surface area contributed by atoms with Crippen LogP contribution in [0.3, 0.4) is 0 Å². The van der Waals surface area contributed by atoms with Gasteiger partial charge in [-0.1, -0.05) is 12.1 Å². The molecule has 8 heteroatoms. The third kappa shape index (κ3) is 5.70. The van der Waals surface area contributed by atoms with Gasteiger partial charge in [0.25, 0.3) is 0 Å². The van der Waals surface area contributed by atoms with E-state index in [0.29, 0.717) is 25.4 Å². The predicted octanol–water partition coefficient (Wildman–Crippen LogP) is 0.159. The Balaban J connectivity index is 2.55. The summed E-state index contributed by atoms with van der Waals surface area (Å²) in [5.41, 5.74) is 0.469. The number of hydrogen-bond donors (Lipinski definition) is 3. The second kappa shape index (κ2) is 8.60. The molecular weight excluding hydrogens is 294 g/mol. The maximum atomic E-state index is 11.8. The molecule has 1 amide bonds. The molecule has 0 fully saturated rings. The first-order valence-corrected chi connectivity index (χ1v) is 8.01. The minimum Gasteiger partial charge on any atom is -0.383 e. The molecule has 0 aromatic heterocycles. The van der Waals surface area contributed by atoms with Crippen LogP contribution in [0.15, 0.2) is 29.2 Å². The summed E-state index contributed by atoms with van der Waals surface area (Å²) in [6.07, 6.45) is 0.248. The Hall–Kier alpha value is -1.64. The molecule has 0 saturated heterocycles. The molecule has 0 bridgehead atoms. The number of rotatable bonds is 9. The van der Waals surface area contributed by atoms with Crippen LogP contribution in [0.1, 0.15) is 6.42 Å². The van der Waals surface area contributed by atoms with Gasteiger partial charge < -0.3 is 15.4 Å². The Bertz CT molecular complexity index is 560. The number of carbonyl (C=O) groups excluding carboxylic acids is 1. The van der Waals surface area contributed by atoms with Gasteiger partial charge in [-0.15, -0.1) is 0 Å². The molecule has 21 heavy (non-hydrogen) atoms. The van der Waals surface area contributed by atoms with Crippen LogP contribution in [0.5, 0.6) is 0 Å². The lowest BCUT2D eigenvalue weighted by atomic mass is 10.3. The van der Waals surface area contributed by atoms with Crippen LogP contribution < -0.4 is 15.4 Å². The number of carbonyl (C=O) groups is 1. The summed E-state index contributed by atoms with van der Waals surface area (Å²) in [4.78, 5) is 11.7. The summed E-state index contributed by atoms with van der Waals surface area (Å²) in [5.74, 6) is -0.117. The minimum atomic E-state index is -3.53. The van der Waals surface area contributed by atoms with Crippen LogP contribution in [-0.4, -0.2) is 48.2 Å². The van der Waals surface area contributed by atoms with Crippen LogP contribution in [0, 0.1) is 0 Å². The molecule has 0 heterocycles. The Labute approximate surface area is 125 Å². The van der Waals surface area contributed by atoms with E-state index >= 15 is 0 Å². The molecule has 0 aliphatic heterocycles. The second-order valence-corrected chi connectivity index (χ2v) is 6.08. The molecule has 1 aromatic rings. The summed E-state index contributed by atoms with van der Waals surface area (Å²) >= 11 is 0. The lowest BCUT2D eigenvalue weighted by Crippen LogP contribution is -2.28. The third-order valence-electron chi connectivity index (χ3n) is 2.74. The molecular formula is C13H21N3O4S. The summed E-state index contributed by atoms with van der Waals surface area (Å²) in [6, 6.07) is 6.54. The van der Waals surface area contributed by atoms with Crippen molar-refractivity contribution in [2.24, 2.45) is 0 Å². The highest BCUT2D eigenvalue weighted by Crippen LogP contribution is 2.20. The normalized spacial score (nSPS) is 11.1. The van der Waals surface area contributed by atoms with Crippen molar-refractivity contribution in [3.8, 4) is 0 Å². The molecule has 1 aromatic carbocycles. The zero-order valence-corrected chi connectivity index (χ0v) is 13.0. The molecule has 0 spiro atoms. The molecule has 118 valence electrons. The summed E-state index contributed by atoms with van der Waals surface area (Å²) in [5, 5.41) is 5.66. The van der Waals surface area contributed by atoms with Gasteiger partial charge in [0.1, 0.15) is 4.90 Å². The van der Waals surface area contributed by atoms with E-state index in [1.807, 2.05) is 0 Å². The first-order valence-electron chi connectivity index (χ1n) is 6.53. The van der Waals surface area contributed by atoms with Crippen molar-refractivity contribution in [3.05, 3.63) is 24.3 Å². The number of para-hydroxylation sites is 1. The fourth-order valence-electron chi connectivity index (χ4n) is 1.65. The van der Waals surface area contributed by atoms with Gasteiger partial charge in [0.15, 0.2) is 0 Å². The van der Waals surface area contributed by atoms with Gasteiger partial charge >= 0.3 is 0 Å². The maximum Gasteiger partial charge on any atom is 0.242 e. The van der Waals surface area contributed by atoms with Crippen LogP contribution in [0.25, 0.3) is 0 Å². The second-order valence-electron chi connectivity index (χ2n) is 4.22. The van der Waals surface area contributed by atoms with Crippen molar-refractivity contribution >= 4 is 21.6 Å². The summed E-state index contributed by atoms with van der Waals surface area (Å²) in [6.45, 7) is 1.26. The van der Waals surface area contributed by atoms with E-state index in [2.05, 4.69) is 15.4 Å². The zero-order valence-electron chi connectivity index (χ0n) is 12.2. The zero-order chi connectivity index (χ0) is 15.7. The van der Waals surface area contributed by atoms with Gasteiger partial charge in [0, 0.05) is 26.6 Å². The third-order valence-corrected chi connectivity index (χ3v) is 4.21. The van der Waals surface area contributed by atoms with E-state index in [1.54, 1.807) is 25.3 Å². The molecule has 3 N–H and O–H groups in total. The minimum absolute atomic E-state index is 0.117. The number of amides is 1. The van der Waals surface area contributed by atoms with Gasteiger partial charge in [-0.2, -0.15) is 0 Å². The van der Waals surface area contributed by atoms with Gasteiger partial charge in [0.05, 0.1) is 12.3 Å². The van der Waals surface area contributed by atoms with Crippen molar-refractivity contribution in [1.82, 2.24) is 10.0 Å². The number of sulfonamides is 1. The van der Waals surface area contributed by atoms with Gasteiger partial charge in [0.2, 0.25) is 15.9 Å². The quantitative estimate of drug-likeness (QED) is 0.564. The monoisotopic (exact) mass is 315 g/mol. The van der Waals surface area contributed by atoms with Crippen LogP contribution in [0.4, 0.5) is 5.69 Å². The van der Waals surface area contributed by atoms with E-state index in [-0.39, 0.29) is 17.2 Å². The standard InChI is InChI=1S/C13H21N3O4S/c1-14-21(18,19)12-6-4-3-5-11(12)15-8-7-13(17)16-9-10-20-2/h3-6,14-15H,7-10H2,1-2H3,(H,16,17). The van der Waals surface area contributed by atoms with E-state index in [0.717, 1.165) is 0 Å². The topological polar surface area (TPSA) is 96.5 Å². The highest BCUT2D eigenvalue weighted by Gasteiger charge is 2.15. The Morgan fingerprint density at radius 2 is 1.95 bits per heavy atom. The Morgan fingerprint density at radius 1 is 1.24 bits per heavy atom. The average molecular weight is 315 g/mol. The molecule has 0 saturated carbocycles. The van der Waals surface area contributed by atoms with E-state index in [4.69, 9.17) is 4.74 Å². The Morgan fingerprint density at radius 3 is 2.62 bits per heavy atom. The number of benzene rings is 1. The van der Waals surface area contributed by atoms with Crippen molar-refractivity contribution < 1.29 is 17.9 Å². The number of anilines is 1. The molecule has 0 unspecified atom stereocenters. The summed E-state index contributed by atoms with van der Waals surface area (Å²) in [7, 11) is -0.608. The SMILES string of the molecule is CNS(=O)(=O)c1ccccc1NCCC(=O)NCCOC. The molecule has 0 radical (unpaired) electrons. The van der Waals surface area contributed by atoms with E-state index < -0.39 is 10.0 Å². The molecule has 0 atom stereocenters. The Kier molecular flexibility index (Phi) is 7.13. The lowest BCUT2D eigenvalue weighted by molar-refractivity contribution is -0.121. The first-order chi connectivity index (χ1) is 10.0. The van der Waals surface area contributed by atoms with Crippen molar-refractivity contribution in [3.63, 3.8) is 0 Å². The van der Waals surface area contributed by atoms with Crippen LogP contribution >= 0.6 is 0 Å². The van der Waals surface area contributed by atoms with Crippen molar-refractivity contribution in [2.75, 3.05) is 39.2 Å². The number of nitrogens with one attached hydrogen (secondary N) is 3. The smallest absolute Gasteiger partial charge is 0.242 e. The maximum absolute atomic E-state index is 11.8. The molecule has 0 aliphatic carbocycles. The fraction of sp³-hybridized carbons (Fsp3) is 0.462. The molecule has 7 nitrogen and oxygen atoms in total. The highest BCUT2D eigenvalue weighted by molar-refractivity contribution is 7.89. The molecule has 0 aliphatic rings. The number of methoxy groups -OCH3 is 1. The molecule has 1 rings (SSSR count).